The summed E-state index contributed by atoms with van der Waals surface area (Å²) < 4.78 is 15.3. The lowest BCUT2D eigenvalue weighted by Gasteiger charge is -2.37. The van der Waals surface area contributed by atoms with Gasteiger partial charge in [0.15, 0.2) is 0 Å². The molecule has 1 unspecified atom stereocenters. The fourth-order valence-electron chi connectivity index (χ4n) is 4.38. The molecule has 3 heterocycles. The zero-order chi connectivity index (χ0) is 17.8. The number of rotatable bonds is 1. The zero-order valence-electron chi connectivity index (χ0n) is 14.6. The molecule has 2 aliphatic rings. The van der Waals surface area contributed by atoms with E-state index < -0.39 is 5.41 Å². The van der Waals surface area contributed by atoms with Crippen molar-refractivity contribution in [3.63, 3.8) is 0 Å². The maximum Gasteiger partial charge on any atom is 0.270 e. The Hall–Kier alpha value is -2.37. The largest absolute Gasteiger partial charge is 0.345 e. The van der Waals surface area contributed by atoms with E-state index in [1.807, 2.05) is 14.1 Å². The predicted octanol–water partition coefficient (Wildman–Crippen LogP) is 2.40. The summed E-state index contributed by atoms with van der Waals surface area (Å²) in [7, 11) is 3.66. The number of fused-ring (bicyclic) bond motifs is 1. The van der Waals surface area contributed by atoms with Gasteiger partial charge in [0.25, 0.3) is 5.91 Å². The van der Waals surface area contributed by atoms with Gasteiger partial charge in [0.1, 0.15) is 11.5 Å². The van der Waals surface area contributed by atoms with Crippen molar-refractivity contribution in [2.75, 3.05) is 26.7 Å². The quantitative estimate of drug-likeness (QED) is 0.798. The molecule has 6 heteroatoms. The molecule has 0 radical (unpaired) electrons. The van der Waals surface area contributed by atoms with Gasteiger partial charge in [-0.3, -0.25) is 9.59 Å². The molecule has 1 atom stereocenters. The maximum absolute atomic E-state index is 13.5. The fourth-order valence-corrected chi connectivity index (χ4v) is 4.38. The van der Waals surface area contributed by atoms with E-state index in [0.29, 0.717) is 24.2 Å². The van der Waals surface area contributed by atoms with Crippen LogP contribution in [0.3, 0.4) is 0 Å². The third-order valence-corrected chi connectivity index (χ3v) is 5.81. The summed E-state index contributed by atoms with van der Waals surface area (Å²) in [6.45, 7) is 1.86. The standard InChI is InChI=1S/C19H22FN3O2/c1-21-8-3-6-19(18(21)25)7-9-23(12-19)17(24)16-11-13-10-14(20)4-5-15(13)22(16)2/h4-5,10-11H,3,6-9,12H2,1-2H3. The van der Waals surface area contributed by atoms with E-state index in [0.717, 1.165) is 31.3 Å². The summed E-state index contributed by atoms with van der Waals surface area (Å²) in [5.41, 5.74) is 0.945. The Morgan fingerprint density at radius 3 is 2.76 bits per heavy atom. The number of benzene rings is 1. The van der Waals surface area contributed by atoms with Gasteiger partial charge < -0.3 is 14.4 Å². The molecule has 0 saturated carbocycles. The van der Waals surface area contributed by atoms with E-state index in [1.165, 1.54) is 12.1 Å². The lowest BCUT2D eigenvalue weighted by molar-refractivity contribution is -0.143. The van der Waals surface area contributed by atoms with E-state index in [9.17, 15) is 14.0 Å². The van der Waals surface area contributed by atoms with Crippen LogP contribution >= 0.6 is 0 Å². The zero-order valence-corrected chi connectivity index (χ0v) is 14.6. The molecular formula is C19H22FN3O2. The minimum Gasteiger partial charge on any atom is -0.345 e. The van der Waals surface area contributed by atoms with Crippen LogP contribution < -0.4 is 0 Å². The Bertz CT molecular complexity index is 875. The van der Waals surface area contributed by atoms with Gasteiger partial charge in [-0.05, 0) is 43.5 Å². The number of aryl methyl sites for hydroxylation is 1. The smallest absolute Gasteiger partial charge is 0.270 e. The topological polar surface area (TPSA) is 45.5 Å². The number of halogens is 1. The number of hydrogen-bond acceptors (Lipinski definition) is 2. The molecule has 1 aromatic carbocycles. The van der Waals surface area contributed by atoms with E-state index in [-0.39, 0.29) is 17.6 Å². The lowest BCUT2D eigenvalue weighted by atomic mass is 9.78. The second-order valence-corrected chi connectivity index (χ2v) is 7.38. The van der Waals surface area contributed by atoms with Crippen molar-refractivity contribution < 1.29 is 14.0 Å². The van der Waals surface area contributed by atoms with Gasteiger partial charge in [0.05, 0.1) is 5.41 Å². The highest BCUT2D eigenvalue weighted by Gasteiger charge is 2.48. The van der Waals surface area contributed by atoms with Crippen LogP contribution in [-0.2, 0) is 11.8 Å². The summed E-state index contributed by atoms with van der Waals surface area (Å²) in [5.74, 6) is -0.238. The summed E-state index contributed by atoms with van der Waals surface area (Å²) in [6, 6.07) is 6.27. The van der Waals surface area contributed by atoms with Gasteiger partial charge in [-0.25, -0.2) is 4.39 Å². The Labute approximate surface area is 146 Å². The average molecular weight is 343 g/mol. The highest BCUT2D eigenvalue weighted by Crippen LogP contribution is 2.40. The van der Waals surface area contributed by atoms with Gasteiger partial charge in [-0.2, -0.15) is 0 Å². The van der Waals surface area contributed by atoms with Crippen LogP contribution in [0.5, 0.6) is 0 Å². The van der Waals surface area contributed by atoms with Crippen LogP contribution in [0.25, 0.3) is 10.9 Å². The molecule has 2 aliphatic heterocycles. The second kappa shape index (κ2) is 5.58. The lowest BCUT2D eigenvalue weighted by Crippen LogP contribution is -2.48. The Morgan fingerprint density at radius 1 is 1.16 bits per heavy atom. The van der Waals surface area contributed by atoms with Gasteiger partial charge in [-0.15, -0.1) is 0 Å². The molecule has 25 heavy (non-hydrogen) atoms. The molecule has 0 N–H and O–H groups in total. The third kappa shape index (κ3) is 2.42. The van der Waals surface area contributed by atoms with Crippen LogP contribution in [0.4, 0.5) is 4.39 Å². The number of aromatic nitrogens is 1. The molecule has 0 aliphatic carbocycles. The number of piperidine rings is 1. The van der Waals surface area contributed by atoms with Crippen LogP contribution in [0, 0.1) is 11.2 Å². The molecular weight excluding hydrogens is 321 g/mol. The van der Waals surface area contributed by atoms with Crippen molar-refractivity contribution in [1.29, 1.82) is 0 Å². The number of hydrogen-bond donors (Lipinski definition) is 0. The van der Waals surface area contributed by atoms with Gasteiger partial charge in [0, 0.05) is 44.6 Å². The number of nitrogens with zero attached hydrogens (tertiary/aromatic N) is 3. The van der Waals surface area contributed by atoms with Crippen molar-refractivity contribution in [3.8, 4) is 0 Å². The summed E-state index contributed by atoms with van der Waals surface area (Å²) in [5, 5.41) is 0.716. The molecule has 2 aromatic rings. The molecule has 1 aromatic heterocycles. The number of carbonyl (C=O) groups excluding carboxylic acids is 2. The van der Waals surface area contributed by atoms with Crippen molar-refractivity contribution in [2.24, 2.45) is 12.5 Å². The SMILES string of the molecule is CN1CCCC2(CCN(C(=O)c3cc4cc(F)ccc4n3C)C2)C1=O. The molecule has 5 nitrogen and oxygen atoms in total. The summed E-state index contributed by atoms with van der Waals surface area (Å²) >= 11 is 0. The predicted molar refractivity (Wildman–Crippen MR) is 92.7 cm³/mol. The van der Waals surface area contributed by atoms with E-state index >= 15 is 0 Å². The number of carbonyl (C=O) groups is 2. The third-order valence-electron chi connectivity index (χ3n) is 5.81. The Balaban J connectivity index is 1.62. The second-order valence-electron chi connectivity index (χ2n) is 7.38. The minimum atomic E-state index is -0.417. The summed E-state index contributed by atoms with van der Waals surface area (Å²) in [4.78, 5) is 29.2. The van der Waals surface area contributed by atoms with Crippen LogP contribution in [0.2, 0.25) is 0 Å². The van der Waals surface area contributed by atoms with Gasteiger partial charge in [-0.1, -0.05) is 0 Å². The molecule has 0 bridgehead atoms. The molecule has 2 amide bonds. The Kier molecular flexibility index (Phi) is 3.60. The van der Waals surface area contributed by atoms with Gasteiger partial charge in [0.2, 0.25) is 5.91 Å². The molecule has 2 saturated heterocycles. The maximum atomic E-state index is 13.5. The van der Waals surface area contributed by atoms with Crippen molar-refractivity contribution in [1.82, 2.24) is 14.4 Å². The fraction of sp³-hybridized carbons (Fsp3) is 0.474. The van der Waals surface area contributed by atoms with Crippen molar-refractivity contribution >= 4 is 22.7 Å². The first kappa shape index (κ1) is 16.1. The summed E-state index contributed by atoms with van der Waals surface area (Å²) in [6.07, 6.45) is 2.55. The highest BCUT2D eigenvalue weighted by molar-refractivity contribution is 5.99. The van der Waals surface area contributed by atoms with E-state index in [2.05, 4.69) is 0 Å². The highest BCUT2D eigenvalue weighted by atomic mass is 19.1. The number of amides is 2. The Morgan fingerprint density at radius 2 is 1.96 bits per heavy atom. The van der Waals surface area contributed by atoms with Crippen LogP contribution in [-0.4, -0.2) is 52.9 Å². The van der Waals surface area contributed by atoms with Crippen LogP contribution in [0.1, 0.15) is 29.8 Å². The first-order chi connectivity index (χ1) is 11.9. The first-order valence-corrected chi connectivity index (χ1v) is 8.71. The first-order valence-electron chi connectivity index (χ1n) is 8.71. The average Bonchev–Trinajstić information content (AvgIpc) is 3.15. The number of likely N-dealkylation sites (tertiary alicyclic amines) is 2. The van der Waals surface area contributed by atoms with E-state index in [1.54, 1.807) is 26.5 Å². The van der Waals surface area contributed by atoms with Crippen LogP contribution in [0.15, 0.2) is 24.3 Å². The minimum absolute atomic E-state index is 0.0861. The van der Waals surface area contributed by atoms with Crippen molar-refractivity contribution in [3.05, 3.63) is 35.8 Å². The van der Waals surface area contributed by atoms with Gasteiger partial charge >= 0.3 is 0 Å². The molecule has 1 spiro atoms. The normalized spacial score (nSPS) is 23.9. The van der Waals surface area contributed by atoms with Crippen molar-refractivity contribution in [2.45, 2.75) is 19.3 Å². The molecule has 2 fully saturated rings. The molecule has 132 valence electrons. The monoisotopic (exact) mass is 343 g/mol. The van der Waals surface area contributed by atoms with E-state index in [4.69, 9.17) is 0 Å². The molecule has 4 rings (SSSR count).